The summed E-state index contributed by atoms with van der Waals surface area (Å²) in [4.78, 5) is 4.57. The summed E-state index contributed by atoms with van der Waals surface area (Å²) in [5.74, 6) is 1.15. The van der Waals surface area contributed by atoms with Crippen molar-refractivity contribution in [2.24, 2.45) is 0 Å². The van der Waals surface area contributed by atoms with Gasteiger partial charge in [-0.15, -0.1) is 10.2 Å². The molecule has 0 radical (unpaired) electrons. The van der Waals surface area contributed by atoms with Crippen LogP contribution in [0.3, 0.4) is 0 Å². The van der Waals surface area contributed by atoms with Crippen molar-refractivity contribution in [1.82, 2.24) is 19.6 Å². The molecule has 0 saturated heterocycles. The molecule has 0 saturated carbocycles. The number of ether oxygens (including phenoxy) is 1. The molecule has 0 spiro atoms. The van der Waals surface area contributed by atoms with Crippen LogP contribution in [0.2, 0.25) is 0 Å². The molecule has 138 valence electrons. The van der Waals surface area contributed by atoms with E-state index in [2.05, 4.69) is 26.6 Å². The summed E-state index contributed by atoms with van der Waals surface area (Å²) in [6, 6.07) is 3.16. The number of fused-ring (bicyclic) bond motifs is 2. The molecule has 1 aromatic carbocycles. The zero-order valence-corrected chi connectivity index (χ0v) is 14.9. The molecule has 0 fully saturated rings. The van der Waals surface area contributed by atoms with Crippen molar-refractivity contribution >= 4 is 17.2 Å². The predicted octanol–water partition coefficient (Wildman–Crippen LogP) is 3.77. The van der Waals surface area contributed by atoms with Gasteiger partial charge in [0.05, 0.1) is 6.61 Å². The summed E-state index contributed by atoms with van der Waals surface area (Å²) >= 11 is 0. The van der Waals surface area contributed by atoms with Crippen molar-refractivity contribution in [3.05, 3.63) is 53.2 Å². The standard InChI is InChI=1S/C20H20FN5O/c21-17-6-7-18-14(8-9-27-18)16(17)11-23-20-22-10-15(13-4-2-1-3-5-13)19-25-24-12-26(19)20/h4,6-7,10,12H,1-3,5,8-9,11H2,(H,22,23). The van der Waals surface area contributed by atoms with Crippen molar-refractivity contribution in [2.75, 3.05) is 11.9 Å². The van der Waals surface area contributed by atoms with E-state index < -0.39 is 0 Å². The maximum Gasteiger partial charge on any atom is 0.210 e. The number of hydrogen-bond acceptors (Lipinski definition) is 5. The molecule has 6 nitrogen and oxygen atoms in total. The van der Waals surface area contributed by atoms with Crippen molar-refractivity contribution in [3.8, 4) is 5.75 Å². The molecule has 3 aromatic rings. The maximum atomic E-state index is 14.4. The molecular formula is C20H20FN5O. The molecular weight excluding hydrogens is 345 g/mol. The van der Waals surface area contributed by atoms with Crippen LogP contribution in [0.25, 0.3) is 11.2 Å². The molecule has 2 aromatic heterocycles. The predicted molar refractivity (Wildman–Crippen MR) is 100 cm³/mol. The second kappa shape index (κ2) is 6.64. The van der Waals surface area contributed by atoms with Gasteiger partial charge >= 0.3 is 0 Å². The highest BCUT2D eigenvalue weighted by Gasteiger charge is 2.20. The fourth-order valence-corrected chi connectivity index (χ4v) is 3.93. The Morgan fingerprint density at radius 2 is 2.19 bits per heavy atom. The molecule has 1 aliphatic heterocycles. The van der Waals surface area contributed by atoms with Crippen LogP contribution in [0.15, 0.2) is 30.7 Å². The Kier molecular flexibility index (Phi) is 3.99. The van der Waals surface area contributed by atoms with E-state index >= 15 is 0 Å². The molecule has 2 aliphatic rings. The van der Waals surface area contributed by atoms with Crippen LogP contribution < -0.4 is 10.1 Å². The minimum Gasteiger partial charge on any atom is -0.493 e. The van der Waals surface area contributed by atoms with Crippen LogP contribution in [0, 0.1) is 5.82 Å². The topological polar surface area (TPSA) is 64.3 Å². The smallest absolute Gasteiger partial charge is 0.210 e. The van der Waals surface area contributed by atoms with Crippen molar-refractivity contribution in [1.29, 1.82) is 0 Å². The first kappa shape index (κ1) is 16.2. The molecule has 3 heterocycles. The summed E-state index contributed by atoms with van der Waals surface area (Å²) in [6.07, 6.45) is 11.0. The largest absolute Gasteiger partial charge is 0.493 e. The van der Waals surface area contributed by atoms with Crippen LogP contribution in [0.4, 0.5) is 10.3 Å². The summed E-state index contributed by atoms with van der Waals surface area (Å²) in [5.41, 5.74) is 4.65. The lowest BCUT2D eigenvalue weighted by atomic mass is 9.95. The van der Waals surface area contributed by atoms with E-state index in [9.17, 15) is 4.39 Å². The van der Waals surface area contributed by atoms with Gasteiger partial charge in [0.2, 0.25) is 5.95 Å². The van der Waals surface area contributed by atoms with E-state index in [1.807, 2.05) is 10.6 Å². The summed E-state index contributed by atoms with van der Waals surface area (Å²) in [7, 11) is 0. The minimum absolute atomic E-state index is 0.226. The summed E-state index contributed by atoms with van der Waals surface area (Å²) < 4.78 is 21.7. The van der Waals surface area contributed by atoms with Crippen LogP contribution in [-0.2, 0) is 13.0 Å². The lowest BCUT2D eigenvalue weighted by molar-refractivity contribution is 0.356. The number of aromatic nitrogens is 4. The van der Waals surface area contributed by atoms with E-state index in [4.69, 9.17) is 4.74 Å². The van der Waals surface area contributed by atoms with Gasteiger partial charge in [-0.3, -0.25) is 4.40 Å². The lowest BCUT2D eigenvalue weighted by Crippen LogP contribution is -2.10. The monoisotopic (exact) mass is 365 g/mol. The van der Waals surface area contributed by atoms with E-state index in [1.165, 1.54) is 24.5 Å². The van der Waals surface area contributed by atoms with Gasteiger partial charge in [0.1, 0.15) is 17.9 Å². The van der Waals surface area contributed by atoms with Crippen molar-refractivity contribution in [3.63, 3.8) is 0 Å². The highest BCUT2D eigenvalue weighted by atomic mass is 19.1. The third kappa shape index (κ3) is 2.83. The van der Waals surface area contributed by atoms with Gasteiger partial charge in [-0.1, -0.05) is 6.08 Å². The molecule has 27 heavy (non-hydrogen) atoms. The molecule has 0 unspecified atom stereocenters. The second-order valence-electron chi connectivity index (χ2n) is 6.95. The Morgan fingerprint density at radius 1 is 1.22 bits per heavy atom. The third-order valence-corrected chi connectivity index (χ3v) is 5.33. The van der Waals surface area contributed by atoms with Gasteiger partial charge in [-0.2, -0.15) is 0 Å². The number of allylic oxidation sites excluding steroid dienone is 2. The van der Waals surface area contributed by atoms with Crippen LogP contribution in [0.5, 0.6) is 5.75 Å². The van der Waals surface area contributed by atoms with Crippen molar-refractivity contribution in [2.45, 2.75) is 38.6 Å². The van der Waals surface area contributed by atoms with Crippen molar-refractivity contribution < 1.29 is 9.13 Å². The maximum absolute atomic E-state index is 14.4. The molecule has 1 aliphatic carbocycles. The molecule has 0 atom stereocenters. The van der Waals surface area contributed by atoms with E-state index in [0.717, 1.165) is 41.8 Å². The number of rotatable bonds is 4. The minimum atomic E-state index is -0.226. The van der Waals surface area contributed by atoms with E-state index in [1.54, 1.807) is 12.4 Å². The first-order chi connectivity index (χ1) is 13.3. The van der Waals surface area contributed by atoms with E-state index in [0.29, 0.717) is 24.7 Å². The molecule has 1 N–H and O–H groups in total. The van der Waals surface area contributed by atoms with Gasteiger partial charge in [0.15, 0.2) is 5.65 Å². The van der Waals surface area contributed by atoms with Crippen LogP contribution >= 0.6 is 0 Å². The summed E-state index contributed by atoms with van der Waals surface area (Å²) in [6.45, 7) is 0.935. The van der Waals surface area contributed by atoms with Gasteiger partial charge in [0, 0.05) is 35.9 Å². The Balaban J connectivity index is 1.46. The van der Waals surface area contributed by atoms with Crippen LogP contribution in [-0.4, -0.2) is 26.2 Å². The van der Waals surface area contributed by atoms with Gasteiger partial charge in [-0.05, 0) is 43.4 Å². The average Bonchev–Trinajstić information content (AvgIpc) is 3.37. The Hall–Kier alpha value is -2.96. The first-order valence-electron chi connectivity index (χ1n) is 9.36. The summed E-state index contributed by atoms with van der Waals surface area (Å²) in [5, 5.41) is 11.6. The van der Waals surface area contributed by atoms with Gasteiger partial charge in [0.25, 0.3) is 0 Å². The first-order valence-corrected chi connectivity index (χ1v) is 9.36. The quantitative estimate of drug-likeness (QED) is 0.762. The number of halogens is 1. The van der Waals surface area contributed by atoms with Crippen LogP contribution in [0.1, 0.15) is 42.4 Å². The number of benzene rings is 1. The molecule has 0 bridgehead atoms. The SMILES string of the molecule is Fc1ccc2c(c1CNc1ncc(C3=CCCCC3)c3nncn13)CCO2. The molecule has 7 heteroatoms. The number of nitrogens with one attached hydrogen (secondary N) is 1. The van der Waals surface area contributed by atoms with E-state index in [-0.39, 0.29) is 5.82 Å². The third-order valence-electron chi connectivity index (χ3n) is 5.33. The Morgan fingerprint density at radius 3 is 3.07 bits per heavy atom. The number of anilines is 1. The number of hydrogen-bond donors (Lipinski definition) is 1. The molecule has 0 amide bonds. The zero-order valence-electron chi connectivity index (χ0n) is 14.9. The Bertz CT molecular complexity index is 1040. The van der Waals surface area contributed by atoms with Gasteiger partial charge < -0.3 is 10.1 Å². The zero-order chi connectivity index (χ0) is 18.2. The van der Waals surface area contributed by atoms with Gasteiger partial charge in [-0.25, -0.2) is 9.37 Å². The fourth-order valence-electron chi connectivity index (χ4n) is 3.93. The number of nitrogens with zero attached hydrogens (tertiary/aromatic N) is 4. The average molecular weight is 365 g/mol. The fraction of sp³-hybridized carbons (Fsp3) is 0.350. The second-order valence-corrected chi connectivity index (χ2v) is 6.95. The highest BCUT2D eigenvalue weighted by Crippen LogP contribution is 2.31. The molecule has 5 rings (SSSR count). The lowest BCUT2D eigenvalue weighted by Gasteiger charge is -2.15. The Labute approximate surface area is 156 Å². The normalized spacial score (nSPS) is 16.1. The highest BCUT2D eigenvalue weighted by molar-refractivity contribution is 5.76.